The van der Waals surface area contributed by atoms with Crippen molar-refractivity contribution in [1.82, 2.24) is 8.61 Å². The molecule has 0 unspecified atom stereocenters. The summed E-state index contributed by atoms with van der Waals surface area (Å²) in [6.07, 6.45) is 7.47. The van der Waals surface area contributed by atoms with E-state index in [1.807, 2.05) is 30.5 Å². The summed E-state index contributed by atoms with van der Waals surface area (Å²) in [4.78, 5) is 1.19. The lowest BCUT2D eigenvalue weighted by molar-refractivity contribution is 0.268. The molecule has 0 aromatic heterocycles. The summed E-state index contributed by atoms with van der Waals surface area (Å²) in [5.41, 5.74) is 1.01. The van der Waals surface area contributed by atoms with Crippen molar-refractivity contribution in [2.24, 2.45) is 0 Å². The van der Waals surface area contributed by atoms with Gasteiger partial charge < -0.3 is 0 Å². The van der Waals surface area contributed by atoms with Crippen LogP contribution >= 0.6 is 11.8 Å². The van der Waals surface area contributed by atoms with Gasteiger partial charge >= 0.3 is 0 Å². The molecule has 1 aliphatic carbocycles. The Kier molecular flexibility index (Phi) is 6.32. The minimum Gasteiger partial charge on any atom is -0.195 e. The fourth-order valence-electron chi connectivity index (χ4n) is 2.92. The second-order valence-electron chi connectivity index (χ2n) is 5.92. The second kappa shape index (κ2) is 7.81. The van der Waals surface area contributed by atoms with Crippen LogP contribution in [0.3, 0.4) is 0 Å². The predicted molar refractivity (Wildman–Crippen MR) is 93.2 cm³/mol. The van der Waals surface area contributed by atoms with E-state index in [0.29, 0.717) is 6.54 Å². The molecular weight excluding hydrogens is 316 g/mol. The predicted octanol–water partition coefficient (Wildman–Crippen LogP) is 3.35. The molecule has 1 aliphatic rings. The third-order valence-electron chi connectivity index (χ3n) is 4.41. The topological polar surface area (TPSA) is 40.6 Å². The van der Waals surface area contributed by atoms with Crippen molar-refractivity contribution in [3.8, 4) is 0 Å². The standard InChI is InChI=1S/C16H26N2O2S2/c1-17(13-14-9-11-16(21-3)12-10-14)22(19,20)18(2)15-7-5-4-6-8-15/h9-12,15H,4-8,13H2,1-3H3. The zero-order chi connectivity index (χ0) is 16.2. The van der Waals surface area contributed by atoms with Crippen molar-refractivity contribution in [1.29, 1.82) is 0 Å². The maximum Gasteiger partial charge on any atom is 0.282 e. The van der Waals surface area contributed by atoms with Gasteiger partial charge in [-0.1, -0.05) is 31.4 Å². The largest absolute Gasteiger partial charge is 0.282 e. The van der Waals surface area contributed by atoms with Gasteiger partial charge in [-0.3, -0.25) is 0 Å². The average Bonchev–Trinajstić information content (AvgIpc) is 2.55. The lowest BCUT2D eigenvalue weighted by atomic mass is 9.96. The minimum atomic E-state index is -3.39. The van der Waals surface area contributed by atoms with Crippen molar-refractivity contribution in [2.75, 3.05) is 20.4 Å². The summed E-state index contributed by atoms with van der Waals surface area (Å²) >= 11 is 1.69. The van der Waals surface area contributed by atoms with Gasteiger partial charge in [-0.2, -0.15) is 17.0 Å². The molecule has 0 radical (unpaired) electrons. The van der Waals surface area contributed by atoms with Gasteiger partial charge in [0.25, 0.3) is 10.2 Å². The Hall–Kier alpha value is -0.560. The molecule has 1 fully saturated rings. The zero-order valence-corrected chi connectivity index (χ0v) is 15.3. The highest BCUT2D eigenvalue weighted by Gasteiger charge is 2.30. The molecule has 124 valence electrons. The molecule has 2 rings (SSSR count). The Morgan fingerprint density at radius 2 is 1.68 bits per heavy atom. The van der Waals surface area contributed by atoms with E-state index in [1.54, 1.807) is 30.2 Å². The molecule has 1 saturated carbocycles. The number of hydrogen-bond donors (Lipinski definition) is 0. The monoisotopic (exact) mass is 342 g/mol. The van der Waals surface area contributed by atoms with Crippen LogP contribution in [-0.2, 0) is 16.8 Å². The fourth-order valence-corrected chi connectivity index (χ4v) is 4.67. The smallest absolute Gasteiger partial charge is 0.195 e. The van der Waals surface area contributed by atoms with E-state index in [0.717, 1.165) is 31.2 Å². The molecule has 1 aromatic carbocycles. The van der Waals surface area contributed by atoms with Crippen LogP contribution in [0.15, 0.2) is 29.2 Å². The quantitative estimate of drug-likeness (QED) is 0.745. The molecule has 22 heavy (non-hydrogen) atoms. The van der Waals surface area contributed by atoms with Gasteiger partial charge in [0.15, 0.2) is 0 Å². The lowest BCUT2D eigenvalue weighted by Crippen LogP contribution is -2.45. The van der Waals surface area contributed by atoms with E-state index >= 15 is 0 Å². The molecule has 6 heteroatoms. The average molecular weight is 343 g/mol. The van der Waals surface area contributed by atoms with E-state index in [9.17, 15) is 8.42 Å². The van der Waals surface area contributed by atoms with Crippen LogP contribution in [0.25, 0.3) is 0 Å². The lowest BCUT2D eigenvalue weighted by Gasteiger charge is -2.33. The number of hydrogen-bond acceptors (Lipinski definition) is 3. The third kappa shape index (κ3) is 4.25. The fraction of sp³-hybridized carbons (Fsp3) is 0.625. The van der Waals surface area contributed by atoms with E-state index in [-0.39, 0.29) is 6.04 Å². The molecule has 0 bridgehead atoms. The first-order chi connectivity index (χ1) is 10.4. The van der Waals surface area contributed by atoms with Crippen LogP contribution in [0.1, 0.15) is 37.7 Å². The molecule has 1 aromatic rings. The Balaban J connectivity index is 2.03. The normalized spacial score (nSPS) is 17.3. The Morgan fingerprint density at radius 3 is 2.23 bits per heavy atom. The Labute approximate surface area is 139 Å². The highest BCUT2D eigenvalue weighted by molar-refractivity contribution is 7.98. The van der Waals surface area contributed by atoms with E-state index in [2.05, 4.69) is 0 Å². The SMILES string of the molecule is CSc1ccc(CN(C)S(=O)(=O)N(C)C2CCCCC2)cc1. The highest BCUT2D eigenvalue weighted by atomic mass is 32.2. The molecule has 0 aliphatic heterocycles. The molecular formula is C16H26N2O2S2. The maximum absolute atomic E-state index is 12.7. The summed E-state index contributed by atoms with van der Waals surface area (Å²) in [5.74, 6) is 0. The van der Waals surface area contributed by atoms with Crippen LogP contribution in [0, 0.1) is 0 Å². The van der Waals surface area contributed by atoms with Crippen molar-refractivity contribution in [3.05, 3.63) is 29.8 Å². The summed E-state index contributed by atoms with van der Waals surface area (Å²) in [6.45, 7) is 0.411. The van der Waals surface area contributed by atoms with Crippen LogP contribution in [0.2, 0.25) is 0 Å². The Morgan fingerprint density at radius 1 is 1.09 bits per heavy atom. The molecule has 0 heterocycles. The minimum absolute atomic E-state index is 0.153. The van der Waals surface area contributed by atoms with E-state index in [4.69, 9.17) is 0 Å². The van der Waals surface area contributed by atoms with Crippen LogP contribution < -0.4 is 0 Å². The van der Waals surface area contributed by atoms with Crippen molar-refractivity contribution in [2.45, 2.75) is 49.6 Å². The number of benzene rings is 1. The van der Waals surface area contributed by atoms with Crippen LogP contribution in [0.5, 0.6) is 0 Å². The van der Waals surface area contributed by atoms with E-state index < -0.39 is 10.2 Å². The molecule has 0 saturated heterocycles. The summed E-state index contributed by atoms with van der Waals surface area (Å²) < 4.78 is 28.4. The van der Waals surface area contributed by atoms with Crippen LogP contribution in [-0.4, -0.2) is 43.4 Å². The van der Waals surface area contributed by atoms with Crippen molar-refractivity contribution in [3.63, 3.8) is 0 Å². The molecule has 0 atom stereocenters. The number of rotatable bonds is 6. The van der Waals surface area contributed by atoms with Gasteiger partial charge in [0, 0.05) is 31.6 Å². The molecule has 0 amide bonds. The number of nitrogens with zero attached hydrogens (tertiary/aromatic N) is 2. The van der Waals surface area contributed by atoms with Gasteiger partial charge in [0.1, 0.15) is 0 Å². The maximum atomic E-state index is 12.7. The first-order valence-corrected chi connectivity index (χ1v) is 10.4. The van der Waals surface area contributed by atoms with Crippen LogP contribution in [0.4, 0.5) is 0 Å². The zero-order valence-electron chi connectivity index (χ0n) is 13.7. The second-order valence-corrected chi connectivity index (χ2v) is 8.89. The van der Waals surface area contributed by atoms with Crippen molar-refractivity contribution >= 4 is 22.0 Å². The van der Waals surface area contributed by atoms with Gasteiger partial charge in [0.2, 0.25) is 0 Å². The molecule has 0 spiro atoms. The van der Waals surface area contributed by atoms with Gasteiger partial charge in [-0.05, 0) is 36.8 Å². The van der Waals surface area contributed by atoms with Gasteiger partial charge in [-0.25, -0.2) is 0 Å². The summed E-state index contributed by atoms with van der Waals surface area (Å²) in [7, 11) is -0.00633. The van der Waals surface area contributed by atoms with Gasteiger partial charge in [-0.15, -0.1) is 11.8 Å². The third-order valence-corrected chi connectivity index (χ3v) is 7.10. The highest BCUT2D eigenvalue weighted by Crippen LogP contribution is 2.25. The molecule has 0 N–H and O–H groups in total. The van der Waals surface area contributed by atoms with Crippen molar-refractivity contribution < 1.29 is 8.42 Å². The molecule has 4 nitrogen and oxygen atoms in total. The van der Waals surface area contributed by atoms with E-state index in [1.165, 1.54) is 15.6 Å². The summed E-state index contributed by atoms with van der Waals surface area (Å²) in [6, 6.07) is 8.22. The first kappa shape index (κ1) is 17.8. The number of thioether (sulfide) groups is 1. The van der Waals surface area contributed by atoms with Gasteiger partial charge in [0.05, 0.1) is 0 Å². The summed E-state index contributed by atoms with van der Waals surface area (Å²) in [5, 5.41) is 0. The first-order valence-electron chi connectivity index (χ1n) is 7.77. The Bertz CT molecular complexity index is 566.